The van der Waals surface area contributed by atoms with Crippen LogP contribution in [0.15, 0.2) is 52.6 Å². The summed E-state index contributed by atoms with van der Waals surface area (Å²) in [6.45, 7) is 15.0. The molecule has 0 fully saturated rings. The minimum absolute atomic E-state index is 0.129. The lowest BCUT2D eigenvalue weighted by Crippen LogP contribution is -2.27. The van der Waals surface area contributed by atoms with E-state index in [0.29, 0.717) is 0 Å². The lowest BCUT2D eigenvalue weighted by Gasteiger charge is -2.22. The Morgan fingerprint density at radius 1 is 1.03 bits per heavy atom. The van der Waals surface area contributed by atoms with Gasteiger partial charge in [0, 0.05) is 24.2 Å². The molecule has 0 saturated carbocycles. The van der Waals surface area contributed by atoms with Crippen molar-refractivity contribution in [2.45, 2.75) is 41.5 Å². The largest absolute Gasteiger partial charge is 0.372 e. The standard InChI is InChI=1S/C24H29N5/c1-7-28(8-2)17-13-14-18(16(3)15-17)25-21-22(24(4,5)6)27-29-20-12-10-9-11-19(20)26-23(21)29/h9-15H,7-8H2,1-6H3. The van der Waals surface area contributed by atoms with Crippen LogP contribution in [0.4, 0.5) is 11.4 Å². The van der Waals surface area contributed by atoms with E-state index in [1.807, 2.05) is 22.9 Å². The fourth-order valence-corrected chi connectivity index (χ4v) is 3.80. The number of nitrogens with zero attached hydrogens (tertiary/aromatic N) is 5. The summed E-state index contributed by atoms with van der Waals surface area (Å²) in [5.41, 5.74) is 7.03. The van der Waals surface area contributed by atoms with Gasteiger partial charge >= 0.3 is 0 Å². The van der Waals surface area contributed by atoms with E-state index in [4.69, 9.17) is 15.1 Å². The van der Waals surface area contributed by atoms with Gasteiger partial charge in [0.2, 0.25) is 0 Å². The highest BCUT2D eigenvalue weighted by Gasteiger charge is 2.34. The number of aliphatic imine (C=N–C) groups is 1. The molecule has 4 rings (SSSR count). The Morgan fingerprint density at radius 2 is 1.76 bits per heavy atom. The van der Waals surface area contributed by atoms with Crippen LogP contribution >= 0.6 is 0 Å². The van der Waals surface area contributed by atoms with Gasteiger partial charge in [0.15, 0.2) is 5.82 Å². The summed E-state index contributed by atoms with van der Waals surface area (Å²) < 4.78 is 1.94. The first kappa shape index (κ1) is 19.4. The third-order valence-corrected chi connectivity index (χ3v) is 5.42. The molecule has 0 bridgehead atoms. The van der Waals surface area contributed by atoms with Crippen LogP contribution in [0.25, 0.3) is 11.0 Å². The maximum Gasteiger partial charge on any atom is 0.182 e. The zero-order valence-corrected chi connectivity index (χ0v) is 18.2. The molecule has 0 spiro atoms. The molecule has 2 aromatic carbocycles. The molecule has 0 N–H and O–H groups in total. The van der Waals surface area contributed by atoms with Gasteiger partial charge in [-0.2, -0.15) is 5.10 Å². The van der Waals surface area contributed by atoms with E-state index in [9.17, 15) is 0 Å². The zero-order chi connectivity index (χ0) is 20.8. The van der Waals surface area contributed by atoms with E-state index >= 15 is 0 Å². The highest BCUT2D eigenvalue weighted by Crippen LogP contribution is 2.32. The minimum Gasteiger partial charge on any atom is -0.372 e. The summed E-state index contributed by atoms with van der Waals surface area (Å²) in [5.74, 6) is 0.823. The molecule has 3 aromatic rings. The van der Waals surface area contributed by atoms with Crippen molar-refractivity contribution in [3.05, 3.63) is 53.9 Å². The molecule has 5 heteroatoms. The SMILES string of the molecule is CCN(CC)c1ccc(N=C2C(C(C)(C)C)=Nn3c2nc2ccccc23)c(C)c1. The van der Waals surface area contributed by atoms with Gasteiger partial charge in [-0.25, -0.2) is 14.7 Å². The fraction of sp³-hybridized carbons (Fsp3) is 0.375. The quantitative estimate of drug-likeness (QED) is 0.587. The van der Waals surface area contributed by atoms with Gasteiger partial charge in [-0.05, 0) is 56.7 Å². The second kappa shape index (κ2) is 7.14. The number of fused-ring (bicyclic) bond motifs is 3. The monoisotopic (exact) mass is 387 g/mol. The van der Waals surface area contributed by atoms with Crippen LogP contribution in [0.1, 0.15) is 46.0 Å². The number of anilines is 1. The summed E-state index contributed by atoms with van der Waals surface area (Å²) in [4.78, 5) is 12.3. The van der Waals surface area contributed by atoms with Crippen LogP contribution in [-0.4, -0.2) is 34.2 Å². The molecule has 1 aliphatic heterocycles. The van der Waals surface area contributed by atoms with Gasteiger partial charge in [0.1, 0.15) is 5.71 Å². The molecule has 0 saturated heterocycles. The number of hydrogen-bond acceptors (Lipinski definition) is 4. The van der Waals surface area contributed by atoms with E-state index in [1.165, 1.54) is 5.69 Å². The lowest BCUT2D eigenvalue weighted by molar-refractivity contribution is 0.594. The van der Waals surface area contributed by atoms with Gasteiger partial charge in [0.25, 0.3) is 0 Å². The summed E-state index contributed by atoms with van der Waals surface area (Å²) in [6.07, 6.45) is 0. The van der Waals surface area contributed by atoms with Crippen molar-refractivity contribution >= 4 is 33.8 Å². The molecule has 0 radical (unpaired) electrons. The summed E-state index contributed by atoms with van der Waals surface area (Å²) in [6, 6.07) is 14.6. The van der Waals surface area contributed by atoms with Crippen molar-refractivity contribution in [2.75, 3.05) is 18.0 Å². The molecular formula is C24H29N5. The van der Waals surface area contributed by atoms with Crippen LogP contribution in [0, 0.1) is 12.3 Å². The Labute approximate surface area is 172 Å². The molecule has 0 amide bonds. The molecule has 5 nitrogen and oxygen atoms in total. The van der Waals surface area contributed by atoms with Crippen molar-refractivity contribution in [3.8, 4) is 0 Å². The first-order valence-corrected chi connectivity index (χ1v) is 10.4. The second-order valence-corrected chi connectivity index (χ2v) is 8.54. The number of aromatic nitrogens is 2. The molecule has 0 aliphatic carbocycles. The number of hydrogen-bond donors (Lipinski definition) is 0. The van der Waals surface area contributed by atoms with Crippen molar-refractivity contribution in [1.29, 1.82) is 0 Å². The first-order chi connectivity index (χ1) is 13.8. The van der Waals surface area contributed by atoms with Gasteiger partial charge in [0.05, 0.1) is 22.4 Å². The van der Waals surface area contributed by atoms with E-state index in [2.05, 4.69) is 70.7 Å². The molecule has 1 aliphatic rings. The van der Waals surface area contributed by atoms with Crippen molar-refractivity contribution in [3.63, 3.8) is 0 Å². The maximum absolute atomic E-state index is 5.08. The number of rotatable bonds is 4. The molecule has 2 heterocycles. The predicted octanol–water partition coefficient (Wildman–Crippen LogP) is 5.58. The van der Waals surface area contributed by atoms with Gasteiger partial charge in [-0.15, -0.1) is 0 Å². The molecule has 0 unspecified atom stereocenters. The van der Waals surface area contributed by atoms with E-state index in [1.54, 1.807) is 0 Å². The maximum atomic E-state index is 5.08. The molecular weight excluding hydrogens is 358 g/mol. The van der Waals surface area contributed by atoms with Gasteiger partial charge in [-0.1, -0.05) is 32.9 Å². The van der Waals surface area contributed by atoms with E-state index in [0.717, 1.165) is 52.6 Å². The van der Waals surface area contributed by atoms with Crippen LogP contribution < -0.4 is 4.90 Å². The average molecular weight is 388 g/mol. The molecule has 0 atom stereocenters. The van der Waals surface area contributed by atoms with E-state index in [-0.39, 0.29) is 5.41 Å². The molecule has 29 heavy (non-hydrogen) atoms. The summed E-state index contributed by atoms with van der Waals surface area (Å²) in [7, 11) is 0. The number of benzene rings is 2. The Balaban J connectivity index is 1.85. The number of aryl methyl sites for hydroxylation is 1. The highest BCUT2D eigenvalue weighted by atomic mass is 15.4. The Bertz CT molecular complexity index is 1120. The normalized spacial score (nSPS) is 15.1. The van der Waals surface area contributed by atoms with E-state index < -0.39 is 0 Å². The van der Waals surface area contributed by atoms with Crippen molar-refractivity contribution < 1.29 is 0 Å². The summed E-state index contributed by atoms with van der Waals surface area (Å²) >= 11 is 0. The zero-order valence-electron chi connectivity index (χ0n) is 18.2. The third kappa shape index (κ3) is 3.35. The fourth-order valence-electron chi connectivity index (χ4n) is 3.80. The highest BCUT2D eigenvalue weighted by molar-refractivity contribution is 6.51. The number of imidazole rings is 1. The number of para-hydroxylation sites is 2. The van der Waals surface area contributed by atoms with Crippen molar-refractivity contribution in [1.82, 2.24) is 9.66 Å². The van der Waals surface area contributed by atoms with Crippen LogP contribution in [-0.2, 0) is 0 Å². The first-order valence-electron chi connectivity index (χ1n) is 10.4. The molecule has 1 aromatic heterocycles. The predicted molar refractivity (Wildman–Crippen MR) is 123 cm³/mol. The minimum atomic E-state index is -0.129. The Kier molecular flexibility index (Phi) is 4.77. The second-order valence-electron chi connectivity index (χ2n) is 8.54. The lowest BCUT2D eigenvalue weighted by atomic mass is 9.87. The average Bonchev–Trinajstić information content (AvgIpc) is 3.21. The van der Waals surface area contributed by atoms with Gasteiger partial charge in [-0.3, -0.25) is 0 Å². The van der Waals surface area contributed by atoms with Crippen LogP contribution in [0.2, 0.25) is 0 Å². The van der Waals surface area contributed by atoms with Crippen LogP contribution in [0.3, 0.4) is 0 Å². The van der Waals surface area contributed by atoms with Gasteiger partial charge < -0.3 is 4.90 Å². The topological polar surface area (TPSA) is 45.8 Å². The smallest absolute Gasteiger partial charge is 0.182 e. The molecule has 150 valence electrons. The van der Waals surface area contributed by atoms with Crippen LogP contribution in [0.5, 0.6) is 0 Å². The third-order valence-electron chi connectivity index (χ3n) is 5.42. The van der Waals surface area contributed by atoms with Crippen molar-refractivity contribution in [2.24, 2.45) is 15.5 Å². The Morgan fingerprint density at radius 3 is 2.41 bits per heavy atom. The summed E-state index contributed by atoms with van der Waals surface area (Å²) in [5, 5.41) is 4.92. The Hall–Kier alpha value is -2.95.